The van der Waals surface area contributed by atoms with Crippen molar-refractivity contribution in [1.29, 1.82) is 0 Å². The van der Waals surface area contributed by atoms with Gasteiger partial charge in [-0.25, -0.2) is 4.98 Å². The summed E-state index contributed by atoms with van der Waals surface area (Å²) in [5.41, 5.74) is 2.55. The van der Waals surface area contributed by atoms with Crippen LogP contribution in [0.25, 0.3) is 10.9 Å². The van der Waals surface area contributed by atoms with E-state index in [0.29, 0.717) is 12.5 Å². The van der Waals surface area contributed by atoms with Crippen molar-refractivity contribution in [3.8, 4) is 5.88 Å². The lowest BCUT2D eigenvalue weighted by Crippen LogP contribution is -2.00. The number of carbonyl (C=O) groups is 1. The number of nitrogens with zero attached hydrogens (tertiary/aromatic N) is 1. The lowest BCUT2D eigenvalue weighted by atomic mass is 10.1. The fourth-order valence-electron chi connectivity index (χ4n) is 1.88. The van der Waals surface area contributed by atoms with E-state index in [1.165, 1.54) is 0 Å². The van der Waals surface area contributed by atoms with Gasteiger partial charge >= 0.3 is 5.97 Å². The van der Waals surface area contributed by atoms with Gasteiger partial charge in [0.05, 0.1) is 18.5 Å². The molecule has 0 aliphatic heterocycles. The van der Waals surface area contributed by atoms with E-state index in [9.17, 15) is 4.79 Å². The number of aliphatic carboxylic acids is 1. The van der Waals surface area contributed by atoms with Crippen LogP contribution in [0.5, 0.6) is 5.88 Å². The second-order valence-corrected chi connectivity index (χ2v) is 4.14. The van der Waals surface area contributed by atoms with Crippen LogP contribution in [0.4, 0.5) is 0 Å². The van der Waals surface area contributed by atoms with Crippen molar-refractivity contribution in [1.82, 2.24) is 4.98 Å². The number of hydrogen-bond donors (Lipinski definition) is 1. The summed E-state index contributed by atoms with van der Waals surface area (Å²) in [6, 6.07) is 7.45. The van der Waals surface area contributed by atoms with Gasteiger partial charge < -0.3 is 9.84 Å². The van der Waals surface area contributed by atoms with Crippen molar-refractivity contribution in [2.45, 2.75) is 20.3 Å². The number of pyridine rings is 1. The molecular weight excluding hydrogens is 230 g/mol. The first-order chi connectivity index (χ1) is 8.60. The maximum absolute atomic E-state index is 10.7. The van der Waals surface area contributed by atoms with E-state index >= 15 is 0 Å². The number of benzene rings is 1. The Morgan fingerprint density at radius 1 is 1.39 bits per heavy atom. The minimum Gasteiger partial charge on any atom is -0.481 e. The van der Waals surface area contributed by atoms with Gasteiger partial charge in [0.25, 0.3) is 0 Å². The average Bonchev–Trinajstić information content (AvgIpc) is 2.30. The smallest absolute Gasteiger partial charge is 0.307 e. The van der Waals surface area contributed by atoms with Crippen molar-refractivity contribution in [2.75, 3.05) is 6.61 Å². The third-order valence-electron chi connectivity index (χ3n) is 2.66. The number of fused-ring (bicyclic) bond motifs is 1. The van der Waals surface area contributed by atoms with Gasteiger partial charge in [-0.15, -0.1) is 0 Å². The molecule has 2 rings (SSSR count). The number of ether oxygens (including phenoxy) is 1. The number of carboxylic acid groups (broad SMARTS) is 1. The van der Waals surface area contributed by atoms with E-state index in [0.717, 1.165) is 22.0 Å². The molecule has 0 saturated carbocycles. The van der Waals surface area contributed by atoms with Gasteiger partial charge in [-0.2, -0.15) is 0 Å². The number of aromatic nitrogens is 1. The Morgan fingerprint density at radius 3 is 2.83 bits per heavy atom. The van der Waals surface area contributed by atoms with Crippen molar-refractivity contribution < 1.29 is 14.6 Å². The minimum absolute atomic E-state index is 0.0300. The molecule has 0 aliphatic rings. The quantitative estimate of drug-likeness (QED) is 0.899. The molecule has 4 heteroatoms. The van der Waals surface area contributed by atoms with Gasteiger partial charge in [-0.1, -0.05) is 6.07 Å². The second-order valence-electron chi connectivity index (χ2n) is 4.14. The molecule has 1 aromatic heterocycles. The van der Waals surface area contributed by atoms with E-state index in [1.54, 1.807) is 6.07 Å². The van der Waals surface area contributed by atoms with Crippen LogP contribution < -0.4 is 4.74 Å². The van der Waals surface area contributed by atoms with Crippen LogP contribution in [0.15, 0.2) is 24.3 Å². The van der Waals surface area contributed by atoms with Crippen molar-refractivity contribution in [3.05, 3.63) is 35.4 Å². The molecule has 1 aromatic carbocycles. The maximum Gasteiger partial charge on any atom is 0.307 e. The highest BCUT2D eigenvalue weighted by atomic mass is 16.5. The Bertz CT molecular complexity index is 593. The summed E-state index contributed by atoms with van der Waals surface area (Å²) in [5, 5.41) is 9.71. The Balaban J connectivity index is 2.45. The lowest BCUT2D eigenvalue weighted by Gasteiger charge is -2.08. The third kappa shape index (κ3) is 2.59. The van der Waals surface area contributed by atoms with E-state index in [1.807, 2.05) is 32.0 Å². The number of carboxylic acids is 1. The predicted octanol–water partition coefficient (Wildman–Crippen LogP) is 2.57. The molecule has 0 bridgehead atoms. The van der Waals surface area contributed by atoms with Gasteiger partial charge in [-0.3, -0.25) is 4.79 Å². The number of aryl methyl sites for hydroxylation is 1. The molecule has 0 atom stereocenters. The van der Waals surface area contributed by atoms with E-state index in [-0.39, 0.29) is 6.42 Å². The van der Waals surface area contributed by atoms with Crippen LogP contribution in [0.3, 0.4) is 0 Å². The summed E-state index contributed by atoms with van der Waals surface area (Å²) in [6.45, 7) is 4.43. The summed E-state index contributed by atoms with van der Waals surface area (Å²) < 4.78 is 5.43. The molecule has 0 spiro atoms. The molecule has 1 heterocycles. The highest BCUT2D eigenvalue weighted by molar-refractivity contribution is 5.82. The largest absolute Gasteiger partial charge is 0.481 e. The van der Waals surface area contributed by atoms with Gasteiger partial charge in [0, 0.05) is 10.9 Å². The van der Waals surface area contributed by atoms with Crippen LogP contribution in [0.2, 0.25) is 0 Å². The van der Waals surface area contributed by atoms with Crippen LogP contribution in [-0.4, -0.2) is 22.7 Å². The Morgan fingerprint density at radius 2 is 2.17 bits per heavy atom. The van der Waals surface area contributed by atoms with Crippen LogP contribution in [-0.2, 0) is 11.2 Å². The Kier molecular flexibility index (Phi) is 3.46. The molecule has 18 heavy (non-hydrogen) atoms. The first-order valence-electron chi connectivity index (χ1n) is 5.85. The van der Waals surface area contributed by atoms with Crippen LogP contribution in [0.1, 0.15) is 18.1 Å². The van der Waals surface area contributed by atoms with Gasteiger partial charge in [0.1, 0.15) is 0 Å². The first kappa shape index (κ1) is 12.4. The zero-order valence-electron chi connectivity index (χ0n) is 10.4. The maximum atomic E-state index is 10.7. The normalized spacial score (nSPS) is 10.6. The molecule has 2 aromatic rings. The molecule has 4 nitrogen and oxygen atoms in total. The van der Waals surface area contributed by atoms with Gasteiger partial charge in [0.15, 0.2) is 0 Å². The standard InChI is InChI=1S/C14H15NO3/c1-3-18-14-9(2)6-11-7-10(8-13(16)17)4-5-12(11)15-14/h4-7H,3,8H2,1-2H3,(H,16,17). The van der Waals surface area contributed by atoms with Crippen molar-refractivity contribution in [2.24, 2.45) is 0 Å². The third-order valence-corrected chi connectivity index (χ3v) is 2.66. The predicted molar refractivity (Wildman–Crippen MR) is 69.0 cm³/mol. The molecule has 0 radical (unpaired) electrons. The fourth-order valence-corrected chi connectivity index (χ4v) is 1.88. The highest BCUT2D eigenvalue weighted by Gasteiger charge is 2.06. The summed E-state index contributed by atoms with van der Waals surface area (Å²) in [4.78, 5) is 15.1. The molecule has 0 saturated heterocycles. The van der Waals surface area contributed by atoms with Crippen molar-refractivity contribution >= 4 is 16.9 Å². The first-order valence-corrected chi connectivity index (χ1v) is 5.85. The SMILES string of the molecule is CCOc1nc2ccc(CC(=O)O)cc2cc1C. The van der Waals surface area contributed by atoms with Crippen LogP contribution in [0, 0.1) is 6.92 Å². The van der Waals surface area contributed by atoms with E-state index < -0.39 is 5.97 Å². The zero-order chi connectivity index (χ0) is 13.1. The molecule has 1 N–H and O–H groups in total. The Labute approximate surface area is 105 Å². The zero-order valence-corrected chi connectivity index (χ0v) is 10.4. The van der Waals surface area contributed by atoms with Crippen molar-refractivity contribution in [3.63, 3.8) is 0 Å². The highest BCUT2D eigenvalue weighted by Crippen LogP contribution is 2.22. The summed E-state index contributed by atoms with van der Waals surface area (Å²) >= 11 is 0. The Hall–Kier alpha value is -2.10. The van der Waals surface area contributed by atoms with E-state index in [4.69, 9.17) is 9.84 Å². The topological polar surface area (TPSA) is 59.4 Å². The summed E-state index contributed by atoms with van der Waals surface area (Å²) in [5.74, 6) is -0.194. The lowest BCUT2D eigenvalue weighted by molar-refractivity contribution is -0.136. The number of rotatable bonds is 4. The molecule has 0 unspecified atom stereocenters. The molecule has 0 amide bonds. The second kappa shape index (κ2) is 5.04. The molecular formula is C14H15NO3. The summed E-state index contributed by atoms with van der Waals surface area (Å²) in [7, 11) is 0. The van der Waals surface area contributed by atoms with E-state index in [2.05, 4.69) is 4.98 Å². The molecule has 0 aliphatic carbocycles. The minimum atomic E-state index is -0.829. The fraction of sp³-hybridized carbons (Fsp3) is 0.286. The molecule has 94 valence electrons. The monoisotopic (exact) mass is 245 g/mol. The average molecular weight is 245 g/mol. The summed E-state index contributed by atoms with van der Waals surface area (Å²) in [6.07, 6.45) is 0.0300. The number of hydrogen-bond acceptors (Lipinski definition) is 3. The van der Waals surface area contributed by atoms with Crippen LogP contribution >= 0.6 is 0 Å². The van der Waals surface area contributed by atoms with Gasteiger partial charge in [-0.05, 0) is 37.6 Å². The molecule has 0 fully saturated rings. The van der Waals surface area contributed by atoms with Gasteiger partial charge in [0.2, 0.25) is 5.88 Å².